The van der Waals surface area contributed by atoms with E-state index in [1.165, 1.54) is 16.4 Å². The number of alkyl halides is 3. The molecule has 0 aliphatic carbocycles. The highest BCUT2D eigenvalue weighted by Crippen LogP contribution is 2.36. The fourth-order valence-electron chi connectivity index (χ4n) is 4.08. The summed E-state index contributed by atoms with van der Waals surface area (Å²) in [5.41, 5.74) is 0.291. The zero-order valence-electron chi connectivity index (χ0n) is 18.9. The lowest BCUT2D eigenvalue weighted by molar-refractivity contribution is -0.274. The summed E-state index contributed by atoms with van der Waals surface area (Å²) in [7, 11) is -3.94. The highest BCUT2D eigenvalue weighted by atomic mass is 32.2. The van der Waals surface area contributed by atoms with Gasteiger partial charge in [-0.15, -0.1) is 13.2 Å². The van der Waals surface area contributed by atoms with Crippen LogP contribution in [0.25, 0.3) is 0 Å². The lowest BCUT2D eigenvalue weighted by Gasteiger charge is -2.36. The predicted molar refractivity (Wildman–Crippen MR) is 120 cm³/mol. The number of hydrogen-bond donors (Lipinski definition) is 1. The number of rotatable bonds is 7. The Morgan fingerprint density at radius 3 is 2.33 bits per heavy atom. The SMILES string of the molecule is O=C(NCCc1ccc(F)cc1)C1=NOC2(CCN(S(=O)(=O)c3ccc(OC(F)(F)F)cc3)CC2)C1. The number of halogens is 4. The van der Waals surface area contributed by atoms with E-state index in [0.29, 0.717) is 13.0 Å². The van der Waals surface area contributed by atoms with Crippen molar-refractivity contribution in [2.45, 2.75) is 42.5 Å². The van der Waals surface area contributed by atoms with Crippen LogP contribution in [0.5, 0.6) is 5.75 Å². The van der Waals surface area contributed by atoms with Crippen molar-refractivity contribution in [1.82, 2.24) is 9.62 Å². The second-order valence-corrected chi connectivity index (χ2v) is 10.5. The average Bonchev–Trinajstić information content (AvgIpc) is 3.23. The fourth-order valence-corrected chi connectivity index (χ4v) is 5.52. The van der Waals surface area contributed by atoms with Crippen molar-refractivity contribution in [2.24, 2.45) is 5.16 Å². The van der Waals surface area contributed by atoms with E-state index >= 15 is 0 Å². The molecule has 13 heteroatoms. The number of benzene rings is 2. The monoisotopic (exact) mass is 529 g/mol. The number of carbonyl (C=O) groups excluding carboxylic acids is 1. The van der Waals surface area contributed by atoms with Crippen LogP contribution in [0.15, 0.2) is 58.6 Å². The van der Waals surface area contributed by atoms with Gasteiger partial charge in [0.15, 0.2) is 0 Å². The second-order valence-electron chi connectivity index (χ2n) is 8.54. The van der Waals surface area contributed by atoms with E-state index in [0.717, 1.165) is 29.8 Å². The molecule has 8 nitrogen and oxygen atoms in total. The summed E-state index contributed by atoms with van der Waals surface area (Å²) in [6.07, 6.45) is -3.55. The lowest BCUT2D eigenvalue weighted by atomic mass is 9.87. The molecule has 2 aliphatic rings. The Kier molecular flexibility index (Phi) is 7.23. The van der Waals surface area contributed by atoms with E-state index in [9.17, 15) is 30.8 Å². The molecule has 2 aromatic rings. The maximum atomic E-state index is 13.0. The normalized spacial score (nSPS) is 17.9. The van der Waals surface area contributed by atoms with Crippen LogP contribution in [0.3, 0.4) is 0 Å². The first-order valence-corrected chi connectivity index (χ1v) is 12.5. The van der Waals surface area contributed by atoms with Crippen molar-refractivity contribution in [2.75, 3.05) is 19.6 Å². The number of sulfonamides is 1. The van der Waals surface area contributed by atoms with Crippen LogP contribution in [0.1, 0.15) is 24.8 Å². The van der Waals surface area contributed by atoms with E-state index in [1.807, 2.05) is 0 Å². The molecule has 1 fully saturated rings. The molecule has 36 heavy (non-hydrogen) atoms. The number of nitrogens with zero attached hydrogens (tertiary/aromatic N) is 2. The minimum Gasteiger partial charge on any atom is -0.406 e. The quantitative estimate of drug-likeness (QED) is 0.555. The Morgan fingerprint density at radius 2 is 1.72 bits per heavy atom. The van der Waals surface area contributed by atoms with Crippen LogP contribution < -0.4 is 10.1 Å². The highest BCUT2D eigenvalue weighted by Gasteiger charge is 2.45. The summed E-state index contributed by atoms with van der Waals surface area (Å²) < 4.78 is 80.8. The Bertz CT molecular complexity index is 1220. The second kappa shape index (κ2) is 10.1. The zero-order chi connectivity index (χ0) is 26.0. The molecule has 1 saturated heterocycles. The van der Waals surface area contributed by atoms with Crippen molar-refractivity contribution >= 4 is 21.6 Å². The molecule has 194 valence electrons. The van der Waals surface area contributed by atoms with E-state index in [-0.39, 0.29) is 54.7 Å². The summed E-state index contributed by atoms with van der Waals surface area (Å²) in [6.45, 7) is 0.519. The molecule has 0 saturated carbocycles. The molecule has 2 heterocycles. The van der Waals surface area contributed by atoms with Gasteiger partial charge in [0.25, 0.3) is 5.91 Å². The van der Waals surface area contributed by atoms with Gasteiger partial charge in [-0.1, -0.05) is 17.3 Å². The van der Waals surface area contributed by atoms with Gasteiger partial charge in [-0.05, 0) is 48.4 Å². The summed E-state index contributed by atoms with van der Waals surface area (Å²) >= 11 is 0. The Labute approximate surface area is 204 Å². The van der Waals surface area contributed by atoms with Crippen molar-refractivity contribution < 1.29 is 40.3 Å². The number of hydrogen-bond acceptors (Lipinski definition) is 6. The molecule has 0 bridgehead atoms. The molecule has 1 N–H and O–H groups in total. The molecule has 2 aromatic carbocycles. The molecule has 2 aliphatic heterocycles. The van der Waals surface area contributed by atoms with E-state index in [2.05, 4.69) is 15.2 Å². The maximum absolute atomic E-state index is 13.0. The third-order valence-corrected chi connectivity index (χ3v) is 7.96. The number of nitrogens with one attached hydrogen (secondary N) is 1. The van der Waals surface area contributed by atoms with Crippen LogP contribution in [-0.4, -0.2) is 55.9 Å². The molecule has 1 amide bonds. The Balaban J connectivity index is 1.27. The molecule has 0 radical (unpaired) electrons. The summed E-state index contributed by atoms with van der Waals surface area (Å²) in [5.74, 6) is -1.23. The van der Waals surface area contributed by atoms with Gasteiger partial charge in [0, 0.05) is 38.9 Å². The largest absolute Gasteiger partial charge is 0.573 e. The van der Waals surface area contributed by atoms with Crippen molar-refractivity contribution in [3.63, 3.8) is 0 Å². The molecular weight excluding hydrogens is 506 g/mol. The van der Waals surface area contributed by atoms with E-state index < -0.39 is 27.7 Å². The minimum atomic E-state index is -4.87. The van der Waals surface area contributed by atoms with Gasteiger partial charge in [-0.25, -0.2) is 12.8 Å². The van der Waals surface area contributed by atoms with Gasteiger partial charge in [0.1, 0.15) is 22.9 Å². The smallest absolute Gasteiger partial charge is 0.406 e. The Hall–Kier alpha value is -3.19. The van der Waals surface area contributed by atoms with Gasteiger partial charge in [-0.2, -0.15) is 4.31 Å². The molecule has 0 unspecified atom stereocenters. The summed E-state index contributed by atoms with van der Waals surface area (Å²) in [5, 5.41) is 6.67. The molecule has 4 rings (SSSR count). The number of amides is 1. The summed E-state index contributed by atoms with van der Waals surface area (Å²) in [6, 6.07) is 9.98. The average molecular weight is 530 g/mol. The van der Waals surface area contributed by atoms with Gasteiger partial charge >= 0.3 is 6.36 Å². The minimum absolute atomic E-state index is 0.0954. The zero-order valence-corrected chi connectivity index (χ0v) is 19.7. The van der Waals surface area contributed by atoms with Gasteiger partial charge in [0.2, 0.25) is 10.0 Å². The first-order chi connectivity index (χ1) is 17.0. The van der Waals surface area contributed by atoms with Crippen LogP contribution >= 0.6 is 0 Å². The van der Waals surface area contributed by atoms with Crippen LogP contribution in [0.2, 0.25) is 0 Å². The van der Waals surface area contributed by atoms with Crippen LogP contribution in [0.4, 0.5) is 17.6 Å². The topological polar surface area (TPSA) is 97.3 Å². The van der Waals surface area contributed by atoms with E-state index in [1.54, 1.807) is 12.1 Å². The van der Waals surface area contributed by atoms with Gasteiger partial charge < -0.3 is 14.9 Å². The third kappa shape index (κ3) is 6.13. The van der Waals surface area contributed by atoms with Crippen molar-refractivity contribution in [1.29, 1.82) is 0 Å². The standard InChI is InChI=1S/C23H23F4N3O5S/c24-17-3-1-16(2-4-17)9-12-28-21(31)20-15-22(35-29-20)10-13-30(14-11-22)36(32,33)19-7-5-18(6-8-19)34-23(25,26)27/h1-8H,9-15H2,(H,28,31). The number of carbonyl (C=O) groups is 1. The number of ether oxygens (including phenoxy) is 1. The van der Waals surface area contributed by atoms with E-state index in [4.69, 9.17) is 4.84 Å². The Morgan fingerprint density at radius 1 is 1.08 bits per heavy atom. The predicted octanol–water partition coefficient (Wildman–Crippen LogP) is 3.38. The van der Waals surface area contributed by atoms with Crippen molar-refractivity contribution in [3.05, 3.63) is 59.9 Å². The molecular formula is C23H23F4N3O5S. The first-order valence-electron chi connectivity index (χ1n) is 11.1. The molecule has 1 spiro atoms. The van der Waals surface area contributed by atoms with Crippen LogP contribution in [-0.2, 0) is 26.1 Å². The number of piperidine rings is 1. The van der Waals surface area contributed by atoms with Crippen LogP contribution in [0, 0.1) is 5.82 Å². The highest BCUT2D eigenvalue weighted by molar-refractivity contribution is 7.89. The number of oxime groups is 1. The molecule has 0 atom stereocenters. The van der Waals surface area contributed by atoms with Crippen molar-refractivity contribution in [3.8, 4) is 5.75 Å². The lowest BCUT2D eigenvalue weighted by Crippen LogP contribution is -2.47. The third-order valence-electron chi connectivity index (χ3n) is 6.04. The fraction of sp³-hybridized carbons (Fsp3) is 0.391. The van der Waals surface area contributed by atoms with Gasteiger partial charge in [0.05, 0.1) is 4.90 Å². The van der Waals surface area contributed by atoms with Gasteiger partial charge in [-0.3, -0.25) is 4.79 Å². The maximum Gasteiger partial charge on any atom is 0.573 e. The first kappa shape index (κ1) is 25.9. The summed E-state index contributed by atoms with van der Waals surface area (Å²) in [4.78, 5) is 17.9. The molecule has 0 aromatic heterocycles.